The van der Waals surface area contributed by atoms with E-state index in [2.05, 4.69) is 83.8 Å². The molecule has 2 fully saturated rings. The zero-order chi connectivity index (χ0) is 30.8. The SMILES string of the molecule is C=CC(=O)N1C[C@H](CC)N(c2nc(OC[C@@H]3CCCN3C)nc3c2CCN(c2cccc4ccccc24)C3)C[C@@H]1C(C)C#N. The highest BCUT2D eigenvalue weighted by molar-refractivity contribution is 5.94. The third-order valence-electron chi connectivity index (χ3n) is 9.82. The van der Waals surface area contributed by atoms with Crippen LogP contribution in [0.4, 0.5) is 11.5 Å². The molecule has 9 nitrogen and oxygen atoms in total. The molecule has 1 unspecified atom stereocenters. The van der Waals surface area contributed by atoms with Gasteiger partial charge in [0.05, 0.1) is 30.3 Å². The number of rotatable bonds is 8. The summed E-state index contributed by atoms with van der Waals surface area (Å²) in [5, 5.41) is 12.3. The van der Waals surface area contributed by atoms with Gasteiger partial charge in [-0.2, -0.15) is 15.2 Å². The van der Waals surface area contributed by atoms with Crippen molar-refractivity contribution in [3.05, 3.63) is 66.4 Å². The van der Waals surface area contributed by atoms with E-state index in [1.807, 2.05) is 11.8 Å². The number of ether oxygens (including phenoxy) is 1. The topological polar surface area (TPSA) is 88.8 Å². The van der Waals surface area contributed by atoms with Gasteiger partial charge in [0, 0.05) is 48.4 Å². The smallest absolute Gasteiger partial charge is 0.318 e. The fraction of sp³-hybridized carbons (Fsp3) is 0.486. The van der Waals surface area contributed by atoms with E-state index >= 15 is 0 Å². The molecule has 0 aliphatic carbocycles. The molecular formula is C35H43N7O2. The number of nitriles is 1. The minimum absolute atomic E-state index is 0.0463. The van der Waals surface area contributed by atoms with Crippen LogP contribution in [0.1, 0.15) is 44.4 Å². The van der Waals surface area contributed by atoms with E-state index in [4.69, 9.17) is 14.7 Å². The Hall–Kier alpha value is -4.16. The lowest BCUT2D eigenvalue weighted by Gasteiger charge is -2.48. The van der Waals surface area contributed by atoms with Gasteiger partial charge in [-0.25, -0.2) is 0 Å². The van der Waals surface area contributed by atoms with Crippen molar-refractivity contribution in [2.75, 3.05) is 49.6 Å². The minimum Gasteiger partial charge on any atom is -0.462 e. The molecular weight excluding hydrogens is 550 g/mol. The van der Waals surface area contributed by atoms with E-state index in [-0.39, 0.29) is 23.9 Å². The maximum Gasteiger partial charge on any atom is 0.318 e. The number of carbonyl (C=O) groups excluding carboxylic acids is 1. The second-order valence-electron chi connectivity index (χ2n) is 12.4. The number of amides is 1. The van der Waals surface area contributed by atoms with Crippen LogP contribution in [0.2, 0.25) is 0 Å². The number of likely N-dealkylation sites (tertiary alicyclic amines) is 1. The Morgan fingerprint density at radius 3 is 2.73 bits per heavy atom. The molecule has 6 rings (SSSR count). The molecule has 9 heteroatoms. The van der Waals surface area contributed by atoms with Crippen molar-refractivity contribution < 1.29 is 9.53 Å². The van der Waals surface area contributed by atoms with E-state index < -0.39 is 0 Å². The molecule has 2 aromatic carbocycles. The molecule has 0 radical (unpaired) electrons. The highest BCUT2D eigenvalue weighted by atomic mass is 16.5. The van der Waals surface area contributed by atoms with Crippen LogP contribution < -0.4 is 14.5 Å². The summed E-state index contributed by atoms with van der Waals surface area (Å²) in [5.41, 5.74) is 3.32. The van der Waals surface area contributed by atoms with Crippen LogP contribution >= 0.6 is 0 Å². The molecule has 3 aliphatic heterocycles. The third-order valence-corrected chi connectivity index (χ3v) is 9.82. The van der Waals surface area contributed by atoms with Gasteiger partial charge >= 0.3 is 6.01 Å². The van der Waals surface area contributed by atoms with Crippen molar-refractivity contribution in [3.63, 3.8) is 0 Å². The molecule has 0 saturated carbocycles. The monoisotopic (exact) mass is 593 g/mol. The van der Waals surface area contributed by atoms with E-state index in [0.717, 1.165) is 49.4 Å². The van der Waals surface area contributed by atoms with E-state index in [9.17, 15) is 10.1 Å². The Bertz CT molecular complexity index is 1560. The number of anilines is 2. The minimum atomic E-state index is -0.340. The lowest BCUT2D eigenvalue weighted by atomic mass is 9.94. The average molecular weight is 594 g/mol. The van der Waals surface area contributed by atoms with E-state index in [1.54, 1.807) is 0 Å². The molecule has 0 bridgehead atoms. The van der Waals surface area contributed by atoms with Gasteiger partial charge in [-0.05, 0) is 63.7 Å². The van der Waals surface area contributed by atoms with Crippen molar-refractivity contribution >= 4 is 28.2 Å². The lowest BCUT2D eigenvalue weighted by Crippen LogP contribution is -2.61. The zero-order valence-corrected chi connectivity index (χ0v) is 26.2. The molecule has 0 spiro atoms. The van der Waals surface area contributed by atoms with Gasteiger partial charge in [-0.3, -0.25) is 4.79 Å². The molecule has 0 N–H and O–H groups in total. The van der Waals surface area contributed by atoms with Crippen LogP contribution in [0.25, 0.3) is 10.8 Å². The molecule has 1 amide bonds. The number of hydrogen-bond acceptors (Lipinski definition) is 8. The van der Waals surface area contributed by atoms with Crippen LogP contribution in [0, 0.1) is 17.2 Å². The first-order valence-electron chi connectivity index (χ1n) is 16.0. The molecule has 1 aromatic heterocycles. The van der Waals surface area contributed by atoms with Crippen LogP contribution in [0.3, 0.4) is 0 Å². The van der Waals surface area contributed by atoms with E-state index in [0.29, 0.717) is 38.3 Å². The Balaban J connectivity index is 1.38. The number of benzene rings is 2. The standard InChI is InChI=1S/C35H43N7O2/c1-5-26-20-42(33(43)6-2)32(24(3)19-36)22-41(26)34-29-16-18-40(31-15-9-12-25-11-7-8-14-28(25)31)21-30(29)37-35(38-34)44-23-27-13-10-17-39(27)4/h6-9,11-12,14-15,24,26-27,32H,2,5,10,13,16-18,20-23H2,1,3-4H3/t24?,26-,27-,32+/m0/s1. The van der Waals surface area contributed by atoms with Gasteiger partial charge < -0.3 is 24.3 Å². The van der Waals surface area contributed by atoms with Crippen LogP contribution in [-0.4, -0.2) is 83.6 Å². The molecule has 4 heterocycles. The fourth-order valence-corrected chi connectivity index (χ4v) is 7.14. The van der Waals surface area contributed by atoms with Crippen LogP contribution in [-0.2, 0) is 17.8 Å². The first-order chi connectivity index (χ1) is 21.4. The van der Waals surface area contributed by atoms with Gasteiger partial charge in [0.15, 0.2) is 0 Å². The van der Waals surface area contributed by atoms with Crippen molar-refractivity contribution in [1.29, 1.82) is 5.26 Å². The molecule has 44 heavy (non-hydrogen) atoms. The summed E-state index contributed by atoms with van der Waals surface area (Å²) in [7, 11) is 2.15. The van der Waals surface area contributed by atoms with Crippen molar-refractivity contribution in [1.82, 2.24) is 19.8 Å². The van der Waals surface area contributed by atoms with E-state index in [1.165, 1.54) is 29.0 Å². The third kappa shape index (κ3) is 5.71. The number of likely N-dealkylation sites (N-methyl/N-ethyl adjacent to an activating group) is 1. The number of hydrogen-bond donors (Lipinski definition) is 0. The molecule has 3 aliphatic rings. The number of nitrogens with zero attached hydrogens (tertiary/aromatic N) is 7. The summed E-state index contributed by atoms with van der Waals surface area (Å²) in [6.07, 6.45) is 5.26. The van der Waals surface area contributed by atoms with Gasteiger partial charge in [0.2, 0.25) is 5.91 Å². The molecule has 4 atom stereocenters. The summed E-state index contributed by atoms with van der Waals surface area (Å²) in [5.74, 6) is 0.415. The fourth-order valence-electron chi connectivity index (χ4n) is 7.14. The summed E-state index contributed by atoms with van der Waals surface area (Å²) in [4.78, 5) is 32.0. The predicted octanol–water partition coefficient (Wildman–Crippen LogP) is 4.81. The maximum absolute atomic E-state index is 12.9. The Labute approximate surface area is 260 Å². The number of piperazine rings is 1. The summed E-state index contributed by atoms with van der Waals surface area (Å²) >= 11 is 0. The molecule has 2 saturated heterocycles. The molecule has 230 valence electrons. The first-order valence-corrected chi connectivity index (χ1v) is 16.0. The van der Waals surface area contributed by atoms with Crippen molar-refractivity contribution in [2.24, 2.45) is 5.92 Å². The van der Waals surface area contributed by atoms with Crippen LogP contribution in [0.15, 0.2) is 55.1 Å². The summed E-state index contributed by atoms with van der Waals surface area (Å²) in [6.45, 7) is 11.9. The highest BCUT2D eigenvalue weighted by Gasteiger charge is 2.40. The summed E-state index contributed by atoms with van der Waals surface area (Å²) < 4.78 is 6.37. The van der Waals surface area contributed by atoms with Gasteiger partial charge in [-0.15, -0.1) is 0 Å². The summed E-state index contributed by atoms with van der Waals surface area (Å²) in [6, 6.07) is 17.9. The Morgan fingerprint density at radius 2 is 1.98 bits per heavy atom. The van der Waals surface area contributed by atoms with Gasteiger partial charge in [0.25, 0.3) is 0 Å². The van der Waals surface area contributed by atoms with Crippen molar-refractivity contribution in [3.8, 4) is 12.1 Å². The number of fused-ring (bicyclic) bond motifs is 2. The Kier molecular flexibility index (Phi) is 8.72. The number of aromatic nitrogens is 2. The van der Waals surface area contributed by atoms with Gasteiger partial charge in [-0.1, -0.05) is 49.9 Å². The van der Waals surface area contributed by atoms with Gasteiger partial charge in [0.1, 0.15) is 12.4 Å². The second kappa shape index (κ2) is 12.8. The molecule has 3 aromatic rings. The quantitative estimate of drug-likeness (QED) is 0.344. The van der Waals surface area contributed by atoms with Crippen LogP contribution in [0.5, 0.6) is 6.01 Å². The average Bonchev–Trinajstić information content (AvgIpc) is 3.49. The maximum atomic E-state index is 12.9. The zero-order valence-electron chi connectivity index (χ0n) is 26.2. The number of carbonyl (C=O) groups is 1. The second-order valence-corrected chi connectivity index (χ2v) is 12.4. The lowest BCUT2D eigenvalue weighted by molar-refractivity contribution is -0.130. The Morgan fingerprint density at radius 1 is 1.16 bits per heavy atom. The normalized spacial score (nSPS) is 22.9. The predicted molar refractivity (Wildman–Crippen MR) is 174 cm³/mol. The first kappa shape index (κ1) is 29.9. The van der Waals surface area contributed by atoms with Crippen molar-refractivity contribution in [2.45, 2.75) is 64.2 Å². The highest BCUT2D eigenvalue weighted by Crippen LogP contribution is 2.36. The largest absolute Gasteiger partial charge is 0.462 e.